The summed E-state index contributed by atoms with van der Waals surface area (Å²) in [5.74, 6) is -0.0559. The van der Waals surface area contributed by atoms with Crippen molar-refractivity contribution in [2.24, 2.45) is 0 Å². The van der Waals surface area contributed by atoms with Crippen LogP contribution in [0.25, 0.3) is 11.4 Å². The molecule has 0 bridgehead atoms. The third kappa shape index (κ3) is 3.35. The van der Waals surface area contributed by atoms with E-state index >= 15 is 0 Å². The number of nitrogens with one attached hydrogen (secondary N) is 1. The second kappa shape index (κ2) is 6.72. The number of aryl methyl sites for hydroxylation is 1. The van der Waals surface area contributed by atoms with Gasteiger partial charge in [-0.05, 0) is 26.3 Å². The van der Waals surface area contributed by atoms with Gasteiger partial charge in [-0.1, -0.05) is 35.5 Å². The molecule has 128 valence electrons. The number of H-pyrrole nitrogens is 1. The van der Waals surface area contributed by atoms with Gasteiger partial charge in [0.15, 0.2) is 12.4 Å². The summed E-state index contributed by atoms with van der Waals surface area (Å²) >= 11 is 0. The largest absolute Gasteiger partial charge is 0.451 e. The first kappa shape index (κ1) is 16.6. The van der Waals surface area contributed by atoms with E-state index in [2.05, 4.69) is 15.1 Å². The maximum absolute atomic E-state index is 12.2. The average Bonchev–Trinajstić information content (AvgIpc) is 3.18. The molecule has 3 rings (SSSR count). The Hall–Kier alpha value is -3.22. The number of rotatable bonds is 5. The predicted molar refractivity (Wildman–Crippen MR) is 89.1 cm³/mol. The first-order valence-electron chi connectivity index (χ1n) is 7.72. The van der Waals surface area contributed by atoms with Gasteiger partial charge in [0.05, 0.1) is 0 Å². The molecule has 0 fully saturated rings. The van der Waals surface area contributed by atoms with Crippen molar-refractivity contribution < 1.29 is 18.8 Å². The lowest BCUT2D eigenvalue weighted by Gasteiger charge is -2.01. The third-order valence-corrected chi connectivity index (χ3v) is 3.82. The van der Waals surface area contributed by atoms with Crippen LogP contribution in [0, 0.1) is 13.8 Å². The summed E-state index contributed by atoms with van der Waals surface area (Å²) < 4.78 is 10.3. The van der Waals surface area contributed by atoms with Crippen molar-refractivity contribution >= 4 is 11.8 Å². The maximum Gasteiger partial charge on any atom is 0.355 e. The first-order valence-corrected chi connectivity index (χ1v) is 7.72. The number of aromatic nitrogens is 3. The van der Waals surface area contributed by atoms with E-state index in [1.54, 1.807) is 13.8 Å². The van der Waals surface area contributed by atoms with Gasteiger partial charge in [-0.3, -0.25) is 4.79 Å². The fourth-order valence-electron chi connectivity index (χ4n) is 2.70. The summed E-state index contributed by atoms with van der Waals surface area (Å²) in [6.45, 7) is 4.76. The zero-order valence-electron chi connectivity index (χ0n) is 14.1. The number of ether oxygens (including phenoxy) is 1. The lowest BCUT2D eigenvalue weighted by atomic mass is 10.1. The van der Waals surface area contributed by atoms with Crippen molar-refractivity contribution in [2.75, 3.05) is 0 Å². The number of Topliss-reactive ketones (excluding diaryl/α,β-unsaturated/α-hetero) is 1. The zero-order valence-corrected chi connectivity index (χ0v) is 14.1. The molecule has 0 atom stereocenters. The Morgan fingerprint density at radius 2 is 1.92 bits per heavy atom. The van der Waals surface area contributed by atoms with Crippen molar-refractivity contribution in [1.29, 1.82) is 0 Å². The van der Waals surface area contributed by atoms with Crippen LogP contribution in [0.15, 0.2) is 34.9 Å². The minimum absolute atomic E-state index is 0.102. The van der Waals surface area contributed by atoms with Crippen molar-refractivity contribution in [3.8, 4) is 11.4 Å². The SMILES string of the molecule is CC(=O)c1c(C)[nH]c(C(=O)OCc2nc(-c3ccccc3)no2)c1C. The molecule has 0 amide bonds. The quantitative estimate of drug-likeness (QED) is 0.566. The number of esters is 1. The minimum Gasteiger partial charge on any atom is -0.451 e. The standard InChI is InChI=1S/C18H17N3O4/c1-10-15(12(3)22)11(2)19-16(10)18(23)24-9-14-20-17(21-25-14)13-7-5-4-6-8-13/h4-8,19H,9H2,1-3H3. The molecule has 0 saturated heterocycles. The van der Waals surface area contributed by atoms with E-state index in [1.165, 1.54) is 6.92 Å². The molecule has 0 saturated carbocycles. The molecule has 0 aliphatic carbocycles. The molecule has 0 unspecified atom stereocenters. The summed E-state index contributed by atoms with van der Waals surface area (Å²) in [6, 6.07) is 9.34. The maximum atomic E-state index is 12.2. The number of benzene rings is 1. The van der Waals surface area contributed by atoms with E-state index in [9.17, 15) is 9.59 Å². The van der Waals surface area contributed by atoms with Crippen LogP contribution >= 0.6 is 0 Å². The van der Waals surface area contributed by atoms with E-state index in [0.29, 0.717) is 22.6 Å². The molecular formula is C18H17N3O4. The highest BCUT2D eigenvalue weighted by atomic mass is 16.6. The highest BCUT2D eigenvalue weighted by Crippen LogP contribution is 2.20. The Balaban J connectivity index is 1.70. The number of carbonyl (C=O) groups is 2. The second-order valence-corrected chi connectivity index (χ2v) is 5.64. The van der Waals surface area contributed by atoms with E-state index in [0.717, 1.165) is 5.56 Å². The van der Waals surface area contributed by atoms with Gasteiger partial charge in [0.1, 0.15) is 5.69 Å². The van der Waals surface area contributed by atoms with Crippen molar-refractivity contribution in [1.82, 2.24) is 15.1 Å². The Morgan fingerprint density at radius 3 is 2.56 bits per heavy atom. The van der Waals surface area contributed by atoms with E-state index < -0.39 is 5.97 Å². The number of aromatic amines is 1. The molecule has 0 radical (unpaired) electrons. The Kier molecular flexibility index (Phi) is 4.47. The summed E-state index contributed by atoms with van der Waals surface area (Å²) in [5.41, 5.74) is 2.79. The average molecular weight is 339 g/mol. The fraction of sp³-hybridized carbons (Fsp3) is 0.222. The van der Waals surface area contributed by atoms with Crippen LogP contribution in [0.1, 0.15) is 44.9 Å². The predicted octanol–water partition coefficient (Wildman–Crippen LogP) is 3.24. The van der Waals surface area contributed by atoms with E-state index in [1.807, 2.05) is 30.3 Å². The van der Waals surface area contributed by atoms with Gasteiger partial charge in [-0.2, -0.15) is 4.98 Å². The molecule has 2 aromatic heterocycles. The van der Waals surface area contributed by atoms with E-state index in [-0.39, 0.29) is 24.0 Å². The van der Waals surface area contributed by atoms with Crippen molar-refractivity contribution in [3.63, 3.8) is 0 Å². The smallest absolute Gasteiger partial charge is 0.355 e. The topological polar surface area (TPSA) is 98.1 Å². The lowest BCUT2D eigenvalue weighted by Crippen LogP contribution is -2.08. The van der Waals surface area contributed by atoms with Crippen LogP contribution in [0.3, 0.4) is 0 Å². The monoisotopic (exact) mass is 339 g/mol. The normalized spacial score (nSPS) is 10.7. The molecule has 0 aliphatic heterocycles. The van der Waals surface area contributed by atoms with Gasteiger partial charge < -0.3 is 14.2 Å². The highest BCUT2D eigenvalue weighted by Gasteiger charge is 2.21. The first-order chi connectivity index (χ1) is 12.0. The van der Waals surface area contributed by atoms with Gasteiger partial charge in [-0.15, -0.1) is 0 Å². The van der Waals surface area contributed by atoms with Gasteiger partial charge in [0.2, 0.25) is 5.82 Å². The molecule has 1 aromatic carbocycles. The van der Waals surface area contributed by atoms with Gasteiger partial charge in [0.25, 0.3) is 5.89 Å². The lowest BCUT2D eigenvalue weighted by molar-refractivity contribution is 0.0422. The molecule has 2 heterocycles. The third-order valence-electron chi connectivity index (χ3n) is 3.82. The van der Waals surface area contributed by atoms with Gasteiger partial charge in [-0.25, -0.2) is 4.79 Å². The molecule has 7 nitrogen and oxygen atoms in total. The number of hydrogen-bond donors (Lipinski definition) is 1. The van der Waals surface area contributed by atoms with Crippen LogP contribution in [-0.2, 0) is 11.3 Å². The van der Waals surface area contributed by atoms with Gasteiger partial charge >= 0.3 is 5.97 Å². The Morgan fingerprint density at radius 1 is 1.20 bits per heavy atom. The fourth-order valence-corrected chi connectivity index (χ4v) is 2.70. The summed E-state index contributed by atoms with van der Waals surface area (Å²) in [4.78, 5) is 31.0. The highest BCUT2D eigenvalue weighted by molar-refractivity contribution is 6.01. The molecule has 3 aromatic rings. The van der Waals surface area contributed by atoms with Crippen LogP contribution in [0.4, 0.5) is 0 Å². The Labute approximate surface area is 144 Å². The summed E-state index contributed by atoms with van der Waals surface area (Å²) in [5, 5.41) is 3.87. The van der Waals surface area contributed by atoms with E-state index in [4.69, 9.17) is 9.26 Å². The van der Waals surface area contributed by atoms with Crippen LogP contribution in [0.5, 0.6) is 0 Å². The number of nitrogens with zero attached hydrogens (tertiary/aromatic N) is 2. The van der Waals surface area contributed by atoms with Crippen LogP contribution < -0.4 is 0 Å². The number of carbonyl (C=O) groups excluding carboxylic acids is 2. The minimum atomic E-state index is -0.576. The molecule has 0 aliphatic rings. The molecule has 7 heteroatoms. The summed E-state index contributed by atoms with van der Waals surface area (Å²) in [7, 11) is 0. The van der Waals surface area contributed by atoms with Crippen LogP contribution in [-0.4, -0.2) is 26.9 Å². The van der Waals surface area contributed by atoms with Crippen molar-refractivity contribution in [2.45, 2.75) is 27.4 Å². The summed E-state index contributed by atoms with van der Waals surface area (Å²) in [6.07, 6.45) is 0. The van der Waals surface area contributed by atoms with Crippen molar-refractivity contribution in [3.05, 3.63) is 58.7 Å². The molecule has 0 spiro atoms. The number of hydrogen-bond acceptors (Lipinski definition) is 6. The van der Waals surface area contributed by atoms with Gasteiger partial charge in [0, 0.05) is 16.8 Å². The second-order valence-electron chi connectivity index (χ2n) is 5.64. The Bertz CT molecular complexity index is 925. The molecular weight excluding hydrogens is 322 g/mol. The zero-order chi connectivity index (χ0) is 18.0. The molecule has 25 heavy (non-hydrogen) atoms. The van der Waals surface area contributed by atoms with Crippen LogP contribution in [0.2, 0.25) is 0 Å². The molecule has 1 N–H and O–H groups in total. The number of ketones is 1.